The largest absolute Gasteiger partial charge is 0.418 e. The first kappa shape index (κ1) is 24.2. The van der Waals surface area contributed by atoms with E-state index in [2.05, 4.69) is 36.1 Å². The minimum absolute atomic E-state index is 0.129. The van der Waals surface area contributed by atoms with E-state index in [0.717, 1.165) is 25.3 Å². The molecule has 0 aliphatic carbocycles. The Morgan fingerprint density at radius 1 is 1.22 bits per heavy atom. The Morgan fingerprint density at radius 3 is 2.56 bits per heavy atom. The summed E-state index contributed by atoms with van der Waals surface area (Å²) >= 11 is 0. The maximum absolute atomic E-state index is 13.7. The van der Waals surface area contributed by atoms with Crippen LogP contribution in [0.4, 0.5) is 19.0 Å². The summed E-state index contributed by atoms with van der Waals surface area (Å²) in [5.41, 5.74) is -1.09. The van der Waals surface area contributed by atoms with Crippen molar-refractivity contribution in [2.45, 2.75) is 65.2 Å². The first-order valence-corrected chi connectivity index (χ1v) is 11.2. The highest BCUT2D eigenvalue weighted by atomic mass is 19.4. The van der Waals surface area contributed by atoms with Gasteiger partial charge in [0.05, 0.1) is 5.56 Å². The van der Waals surface area contributed by atoms with Crippen LogP contribution in [0.25, 0.3) is 0 Å². The molecule has 0 saturated carbocycles. The molecule has 3 rings (SSSR count). The summed E-state index contributed by atoms with van der Waals surface area (Å²) in [6.07, 6.45) is -0.250. The SMILES string of the molecule is CCC[C@@H]1CN(c2ccc(C(F)(F)F)c(C(=O)c3cccnc3C)n2)C[C@H](CC(C)C)N1. The summed E-state index contributed by atoms with van der Waals surface area (Å²) in [5, 5.41) is 3.67. The van der Waals surface area contributed by atoms with Crippen LogP contribution in [-0.4, -0.2) is 40.9 Å². The van der Waals surface area contributed by atoms with Crippen LogP contribution in [0.2, 0.25) is 0 Å². The number of nitrogens with one attached hydrogen (secondary N) is 1. The van der Waals surface area contributed by atoms with Crippen LogP contribution >= 0.6 is 0 Å². The summed E-state index contributed by atoms with van der Waals surface area (Å²) in [4.78, 5) is 23.5. The van der Waals surface area contributed by atoms with Crippen LogP contribution in [0.15, 0.2) is 30.5 Å². The van der Waals surface area contributed by atoms with Gasteiger partial charge in [-0.1, -0.05) is 27.2 Å². The van der Waals surface area contributed by atoms with E-state index in [4.69, 9.17) is 0 Å². The molecule has 2 aromatic rings. The van der Waals surface area contributed by atoms with E-state index in [1.165, 1.54) is 18.3 Å². The van der Waals surface area contributed by atoms with Crippen LogP contribution in [0.3, 0.4) is 0 Å². The normalized spacial score (nSPS) is 19.4. The van der Waals surface area contributed by atoms with Gasteiger partial charge in [-0.2, -0.15) is 13.2 Å². The number of aromatic nitrogens is 2. The highest BCUT2D eigenvalue weighted by Crippen LogP contribution is 2.34. The topological polar surface area (TPSA) is 58.1 Å². The van der Waals surface area contributed by atoms with Gasteiger partial charge < -0.3 is 10.2 Å². The fourth-order valence-corrected chi connectivity index (χ4v) is 4.35. The minimum atomic E-state index is -4.68. The van der Waals surface area contributed by atoms with Crippen LogP contribution in [0, 0.1) is 12.8 Å². The van der Waals surface area contributed by atoms with Gasteiger partial charge in [0.15, 0.2) is 0 Å². The summed E-state index contributed by atoms with van der Waals surface area (Å²) in [6.45, 7) is 9.29. The molecule has 1 N–H and O–H groups in total. The Bertz CT molecular complexity index is 945. The van der Waals surface area contributed by atoms with Crippen LogP contribution in [-0.2, 0) is 6.18 Å². The van der Waals surface area contributed by atoms with Crippen molar-refractivity contribution in [1.29, 1.82) is 0 Å². The molecular weight excluding hydrogens is 417 g/mol. The number of carbonyl (C=O) groups excluding carboxylic acids is 1. The lowest BCUT2D eigenvalue weighted by Gasteiger charge is -2.40. The van der Waals surface area contributed by atoms with Crippen molar-refractivity contribution in [1.82, 2.24) is 15.3 Å². The number of ketones is 1. The minimum Gasteiger partial charge on any atom is -0.353 e. The Balaban J connectivity index is 2.01. The lowest BCUT2D eigenvalue weighted by atomic mass is 9.98. The molecule has 1 fully saturated rings. The van der Waals surface area contributed by atoms with Gasteiger partial charge >= 0.3 is 6.18 Å². The number of alkyl halides is 3. The van der Waals surface area contributed by atoms with Crippen LogP contribution < -0.4 is 10.2 Å². The zero-order valence-electron chi connectivity index (χ0n) is 19.0. The molecule has 0 amide bonds. The Labute approximate surface area is 187 Å². The maximum atomic E-state index is 13.7. The molecule has 1 aliphatic rings. The molecular formula is C24H31F3N4O. The van der Waals surface area contributed by atoms with E-state index in [-0.39, 0.29) is 17.6 Å². The number of pyridine rings is 2. The molecule has 3 heterocycles. The molecule has 0 spiro atoms. The highest BCUT2D eigenvalue weighted by Gasteiger charge is 2.38. The number of nitrogens with zero attached hydrogens (tertiary/aromatic N) is 3. The number of halogens is 3. The van der Waals surface area contributed by atoms with Gasteiger partial charge in [0.2, 0.25) is 5.78 Å². The number of rotatable bonds is 7. The van der Waals surface area contributed by atoms with Crippen molar-refractivity contribution in [2.24, 2.45) is 5.92 Å². The average Bonchev–Trinajstić information content (AvgIpc) is 2.72. The van der Waals surface area contributed by atoms with E-state index in [9.17, 15) is 18.0 Å². The fourth-order valence-electron chi connectivity index (χ4n) is 4.35. The first-order chi connectivity index (χ1) is 15.1. The molecule has 0 bridgehead atoms. The van der Waals surface area contributed by atoms with Gasteiger partial charge in [-0.15, -0.1) is 0 Å². The molecule has 8 heteroatoms. The number of piperazine rings is 1. The predicted octanol–water partition coefficient (Wildman–Crippen LogP) is 5.03. The molecule has 0 unspecified atom stereocenters. The van der Waals surface area contributed by atoms with Gasteiger partial charge in [-0.25, -0.2) is 4.98 Å². The maximum Gasteiger partial charge on any atom is 0.418 e. The van der Waals surface area contributed by atoms with Gasteiger partial charge in [-0.05, 0) is 49.9 Å². The summed E-state index contributed by atoms with van der Waals surface area (Å²) < 4.78 is 41.2. The van der Waals surface area contributed by atoms with E-state index in [1.807, 2.05) is 4.90 Å². The lowest BCUT2D eigenvalue weighted by Crippen LogP contribution is -2.57. The summed E-state index contributed by atoms with van der Waals surface area (Å²) in [7, 11) is 0. The van der Waals surface area contributed by atoms with E-state index >= 15 is 0 Å². The van der Waals surface area contributed by atoms with E-state index in [0.29, 0.717) is 30.5 Å². The standard InChI is InChI=1S/C24H31F3N4O/c1-5-7-17-13-31(14-18(29-17)12-15(2)3)21-10-9-20(24(25,26)27)22(30-21)23(32)19-8-6-11-28-16(19)4/h6,8-11,15,17-18,29H,5,7,12-14H2,1-4H3/t17-,18+/m1/s1. The summed E-state index contributed by atoms with van der Waals surface area (Å²) in [6, 6.07) is 5.83. The number of carbonyl (C=O) groups is 1. The average molecular weight is 449 g/mol. The highest BCUT2D eigenvalue weighted by molar-refractivity contribution is 6.09. The number of anilines is 1. The fraction of sp³-hybridized carbons (Fsp3) is 0.542. The molecule has 1 aliphatic heterocycles. The third kappa shape index (κ3) is 5.65. The molecule has 2 atom stereocenters. The van der Waals surface area contributed by atoms with Gasteiger partial charge in [0.1, 0.15) is 11.5 Å². The van der Waals surface area contributed by atoms with Crippen LogP contribution in [0.5, 0.6) is 0 Å². The van der Waals surface area contributed by atoms with Gasteiger partial charge in [0, 0.05) is 42.6 Å². The van der Waals surface area contributed by atoms with Gasteiger partial charge in [0.25, 0.3) is 0 Å². The first-order valence-electron chi connectivity index (χ1n) is 11.2. The van der Waals surface area contributed by atoms with Crippen LogP contribution in [0.1, 0.15) is 67.3 Å². The zero-order valence-corrected chi connectivity index (χ0v) is 19.0. The Hall–Kier alpha value is -2.48. The molecule has 5 nitrogen and oxygen atoms in total. The second-order valence-electron chi connectivity index (χ2n) is 8.91. The van der Waals surface area contributed by atoms with Crippen molar-refractivity contribution in [3.8, 4) is 0 Å². The number of hydrogen-bond donors (Lipinski definition) is 1. The third-order valence-corrected chi connectivity index (χ3v) is 5.72. The lowest BCUT2D eigenvalue weighted by molar-refractivity contribution is -0.138. The van der Waals surface area contributed by atoms with Crippen molar-refractivity contribution in [3.63, 3.8) is 0 Å². The molecule has 0 aromatic carbocycles. The van der Waals surface area contributed by atoms with Gasteiger partial charge in [-0.3, -0.25) is 9.78 Å². The Kier molecular flexibility index (Phi) is 7.54. The van der Waals surface area contributed by atoms with Crippen molar-refractivity contribution < 1.29 is 18.0 Å². The third-order valence-electron chi connectivity index (χ3n) is 5.72. The quantitative estimate of drug-likeness (QED) is 0.602. The van der Waals surface area contributed by atoms with Crippen molar-refractivity contribution >= 4 is 11.6 Å². The molecule has 174 valence electrons. The molecule has 0 radical (unpaired) electrons. The number of aryl methyl sites for hydroxylation is 1. The van der Waals surface area contributed by atoms with Crippen molar-refractivity contribution in [3.05, 3.63) is 53.0 Å². The van der Waals surface area contributed by atoms with E-state index < -0.39 is 23.2 Å². The smallest absolute Gasteiger partial charge is 0.353 e. The summed E-state index contributed by atoms with van der Waals surface area (Å²) in [5.74, 6) is 0.129. The molecule has 32 heavy (non-hydrogen) atoms. The second-order valence-corrected chi connectivity index (χ2v) is 8.91. The predicted molar refractivity (Wildman–Crippen MR) is 119 cm³/mol. The zero-order chi connectivity index (χ0) is 23.5. The number of hydrogen-bond acceptors (Lipinski definition) is 5. The van der Waals surface area contributed by atoms with Crippen molar-refractivity contribution in [2.75, 3.05) is 18.0 Å². The Morgan fingerprint density at radius 2 is 1.94 bits per heavy atom. The second kappa shape index (κ2) is 9.98. The monoisotopic (exact) mass is 448 g/mol. The molecule has 2 aromatic heterocycles. The molecule has 1 saturated heterocycles. The van der Waals surface area contributed by atoms with E-state index in [1.54, 1.807) is 13.0 Å².